The number of hydrogen-bond acceptors (Lipinski definition) is 15. The first-order chi connectivity index (χ1) is 35.3. The number of nitrogens with zero attached hydrogens (tertiary/aromatic N) is 5. The summed E-state index contributed by atoms with van der Waals surface area (Å²) in [5.74, 6) is -1.85. The van der Waals surface area contributed by atoms with E-state index in [2.05, 4.69) is 30.8 Å². The van der Waals surface area contributed by atoms with Gasteiger partial charge in [0.15, 0.2) is 5.75 Å². The van der Waals surface area contributed by atoms with Crippen LogP contribution in [0.2, 0.25) is 10.0 Å². The van der Waals surface area contributed by atoms with Crippen molar-refractivity contribution in [3.8, 4) is 23.0 Å². The van der Waals surface area contributed by atoms with Crippen LogP contribution in [-0.2, 0) is 33.1 Å². The molecular formula is C52H42CaCl2N6O12S2. The second kappa shape index (κ2) is 24.7. The number of anilines is 1. The average Bonchev–Trinajstić information content (AvgIpc) is 3.38. The molecule has 8 rings (SSSR count). The minimum absolute atomic E-state index is 0. The smallest absolute Gasteiger partial charge is 0.871 e. The molecule has 0 unspecified atom stereocenters. The summed E-state index contributed by atoms with van der Waals surface area (Å²) < 4.78 is 78.6. The molecule has 380 valence electrons. The largest absolute Gasteiger partial charge is 2.00 e. The van der Waals surface area contributed by atoms with Crippen molar-refractivity contribution in [3.05, 3.63) is 166 Å². The van der Waals surface area contributed by atoms with Crippen LogP contribution < -0.4 is 25.0 Å². The van der Waals surface area contributed by atoms with E-state index >= 15 is 0 Å². The van der Waals surface area contributed by atoms with Crippen molar-refractivity contribution in [2.45, 2.75) is 36.5 Å². The quantitative estimate of drug-likeness (QED) is 0.0260. The summed E-state index contributed by atoms with van der Waals surface area (Å²) in [6, 6.07) is 35.4. The second-order valence-corrected chi connectivity index (χ2v) is 19.2. The van der Waals surface area contributed by atoms with Gasteiger partial charge in [0.05, 0.1) is 31.2 Å². The van der Waals surface area contributed by atoms with Crippen molar-refractivity contribution in [2.75, 3.05) is 19.5 Å². The minimum atomic E-state index is -4.72. The molecule has 8 aromatic rings. The third-order valence-electron chi connectivity index (χ3n) is 11.2. The molecule has 0 heterocycles. The van der Waals surface area contributed by atoms with Gasteiger partial charge < -0.3 is 30.1 Å². The summed E-state index contributed by atoms with van der Waals surface area (Å²) in [7, 11) is -6.50. The summed E-state index contributed by atoms with van der Waals surface area (Å²) in [5, 5.41) is 58.7. The SMILES string of the molecule is CCc1c(Cl)ccc(N=Nc2c(O)c(C(=O)Nc3ccccc3OC)cc3ccccc23)c1S(=O)(=O)O.CCc1c(Cl)ccc(N=Nc2c([O-])c(C([O-])=Nc3ccccc3OC)cc3ccccc23)c1S(=O)(=O)O.[Ca+2]. The number of nitrogens with one attached hydrogen (secondary N) is 1. The summed E-state index contributed by atoms with van der Waals surface area (Å²) in [6.45, 7) is 3.35. The first-order valence-electron chi connectivity index (χ1n) is 22.0. The van der Waals surface area contributed by atoms with Gasteiger partial charge in [-0.3, -0.25) is 18.9 Å². The molecular weight excluding hydrogens is 1080 g/mol. The summed E-state index contributed by atoms with van der Waals surface area (Å²) >= 11 is 12.2. The van der Waals surface area contributed by atoms with E-state index in [1.165, 1.54) is 50.6 Å². The molecule has 0 saturated carbocycles. The minimum Gasteiger partial charge on any atom is -0.871 e. The van der Waals surface area contributed by atoms with E-state index in [-0.39, 0.29) is 111 Å². The predicted octanol–water partition coefficient (Wildman–Crippen LogP) is 11.5. The Bertz CT molecular complexity index is 3830. The van der Waals surface area contributed by atoms with Gasteiger partial charge in [-0.25, -0.2) is 0 Å². The summed E-state index contributed by atoms with van der Waals surface area (Å²) in [5.41, 5.74) is 0.0284. The molecule has 0 aliphatic rings. The Morgan fingerprint density at radius 1 is 0.613 bits per heavy atom. The van der Waals surface area contributed by atoms with Gasteiger partial charge >= 0.3 is 37.7 Å². The number of methoxy groups -OCH3 is 2. The molecule has 0 fully saturated rings. The van der Waals surface area contributed by atoms with Crippen LogP contribution in [-0.4, -0.2) is 94.8 Å². The van der Waals surface area contributed by atoms with Crippen LogP contribution in [0.1, 0.15) is 40.9 Å². The Labute approximate surface area is 470 Å². The maximum Gasteiger partial charge on any atom is 2.00 e. The number of phenols is 1. The fourth-order valence-corrected chi connectivity index (χ4v) is 10.3. The third-order valence-corrected chi connectivity index (χ3v) is 13.9. The number of ether oxygens (including phenoxy) is 2. The molecule has 23 heteroatoms. The molecule has 1 amide bonds. The van der Waals surface area contributed by atoms with E-state index in [9.17, 15) is 46.1 Å². The number of phenolic OH excluding ortho intramolecular Hbond substituents is 1. The Kier molecular flexibility index (Phi) is 19.0. The molecule has 0 saturated heterocycles. The number of carbonyl (C=O) groups excluding carboxylic acids is 1. The van der Waals surface area contributed by atoms with Crippen LogP contribution >= 0.6 is 23.2 Å². The van der Waals surface area contributed by atoms with Crippen molar-refractivity contribution >= 4 is 149 Å². The Morgan fingerprint density at radius 3 is 1.59 bits per heavy atom. The van der Waals surface area contributed by atoms with Gasteiger partial charge in [0.25, 0.3) is 26.1 Å². The number of carbonyl (C=O) groups is 1. The molecule has 4 N–H and O–H groups in total. The third kappa shape index (κ3) is 12.9. The maximum atomic E-state index is 13.4. The van der Waals surface area contributed by atoms with E-state index < -0.39 is 53.3 Å². The van der Waals surface area contributed by atoms with Crippen LogP contribution in [0.3, 0.4) is 0 Å². The first kappa shape index (κ1) is 57.6. The van der Waals surface area contributed by atoms with E-state index in [0.717, 1.165) is 0 Å². The fraction of sp³-hybridized carbons (Fsp3) is 0.115. The molecule has 0 aliphatic carbocycles. The Hall–Kier alpha value is -6.72. The van der Waals surface area contributed by atoms with Gasteiger partial charge in [-0.2, -0.15) is 21.9 Å². The Balaban J connectivity index is 0.000000241. The van der Waals surface area contributed by atoms with Crippen LogP contribution in [0.4, 0.5) is 34.1 Å². The number of fused-ring (bicyclic) bond motifs is 2. The van der Waals surface area contributed by atoms with Crippen LogP contribution in [0.15, 0.2) is 169 Å². The van der Waals surface area contributed by atoms with Gasteiger partial charge in [0.1, 0.15) is 44.0 Å². The average molecular weight is 1120 g/mol. The molecule has 75 heavy (non-hydrogen) atoms. The van der Waals surface area contributed by atoms with Crippen molar-refractivity contribution in [3.63, 3.8) is 0 Å². The number of aliphatic imine (C=N–C) groups is 1. The summed E-state index contributed by atoms with van der Waals surface area (Å²) in [6.07, 6.45) is 0.408. The number of hydrogen-bond donors (Lipinski definition) is 4. The molecule has 0 bridgehead atoms. The number of benzene rings is 8. The van der Waals surface area contributed by atoms with E-state index in [4.69, 9.17) is 32.7 Å². The molecule has 0 radical (unpaired) electrons. The van der Waals surface area contributed by atoms with E-state index in [1.54, 1.807) is 111 Å². The van der Waals surface area contributed by atoms with Gasteiger partial charge in [-0.15, -0.1) is 15.3 Å². The molecule has 8 aromatic carbocycles. The number of azo groups is 2. The predicted molar refractivity (Wildman–Crippen MR) is 285 cm³/mol. The van der Waals surface area contributed by atoms with Crippen LogP contribution in [0, 0.1) is 0 Å². The van der Waals surface area contributed by atoms with Gasteiger partial charge in [0.2, 0.25) is 0 Å². The number of aromatic hydroxyl groups is 1. The van der Waals surface area contributed by atoms with Crippen LogP contribution in [0.5, 0.6) is 23.0 Å². The normalized spacial score (nSPS) is 11.9. The van der Waals surface area contributed by atoms with Gasteiger partial charge in [-0.1, -0.05) is 116 Å². The number of halogens is 2. The van der Waals surface area contributed by atoms with E-state index in [1.807, 2.05) is 0 Å². The molecule has 0 spiro atoms. The number of para-hydroxylation sites is 4. The first-order valence-corrected chi connectivity index (χ1v) is 25.7. The van der Waals surface area contributed by atoms with Crippen molar-refractivity contribution in [1.82, 2.24) is 0 Å². The Morgan fingerprint density at radius 2 is 1.07 bits per heavy atom. The number of rotatable bonds is 14. The number of amides is 1. The van der Waals surface area contributed by atoms with Gasteiger partial charge in [0, 0.05) is 20.8 Å². The van der Waals surface area contributed by atoms with Gasteiger partial charge in [-0.05, 0) is 107 Å². The summed E-state index contributed by atoms with van der Waals surface area (Å²) in [4.78, 5) is 16.2. The van der Waals surface area contributed by atoms with Crippen LogP contribution in [0.25, 0.3) is 21.5 Å². The zero-order valence-corrected chi connectivity index (χ0v) is 45.5. The van der Waals surface area contributed by atoms with Crippen molar-refractivity contribution < 1.29 is 55.5 Å². The standard InChI is InChI=1S/2C26H22ClN3O6S.Ca/c2*1-3-16-19(27)12-13-21(25(16)37(33,34)35)29-30-23-17-9-5-4-8-15(17)14-18(24(23)31)26(32)28-20-10-6-7-11-22(20)36-2;/h2*4-14,31H,3H2,1-2H3,(H,28,32)(H,33,34,35);/q;;+2/p-2. The maximum absolute atomic E-state index is 13.4. The fourth-order valence-electron chi connectivity index (χ4n) is 7.77. The van der Waals surface area contributed by atoms with Crippen molar-refractivity contribution in [2.24, 2.45) is 25.4 Å². The topological polar surface area (TPSA) is 284 Å². The molecule has 0 aromatic heterocycles. The molecule has 0 aliphatic heterocycles. The molecule has 0 atom stereocenters. The zero-order valence-electron chi connectivity index (χ0n) is 40.1. The van der Waals surface area contributed by atoms with E-state index in [0.29, 0.717) is 38.7 Å². The monoisotopic (exact) mass is 1120 g/mol. The second-order valence-electron chi connectivity index (χ2n) is 15.7. The zero-order chi connectivity index (χ0) is 53.5. The molecule has 18 nitrogen and oxygen atoms in total. The van der Waals surface area contributed by atoms with Crippen molar-refractivity contribution in [1.29, 1.82) is 0 Å².